The third-order valence-corrected chi connectivity index (χ3v) is 4.26. The smallest absolute Gasteiger partial charge is 0.224 e. The Labute approximate surface area is 115 Å². The maximum Gasteiger partial charge on any atom is 0.224 e. The van der Waals surface area contributed by atoms with Gasteiger partial charge in [0.2, 0.25) is 5.91 Å². The number of rotatable bonds is 3. The number of likely N-dealkylation sites (N-methyl/N-ethyl adjacent to an activating group) is 1. The summed E-state index contributed by atoms with van der Waals surface area (Å²) >= 11 is 1.63. The van der Waals surface area contributed by atoms with Crippen molar-refractivity contribution in [3.05, 3.63) is 17.3 Å². The first-order valence-electron chi connectivity index (χ1n) is 6.43. The van der Waals surface area contributed by atoms with Gasteiger partial charge in [0.1, 0.15) is 11.6 Å². The molecule has 0 saturated carbocycles. The predicted molar refractivity (Wildman–Crippen MR) is 76.4 cm³/mol. The summed E-state index contributed by atoms with van der Waals surface area (Å²) in [5.74, 6) is 1.83. The van der Waals surface area contributed by atoms with Gasteiger partial charge < -0.3 is 10.2 Å². The third-order valence-electron chi connectivity index (χ3n) is 3.35. The molecule has 0 aliphatic carbocycles. The van der Waals surface area contributed by atoms with E-state index in [4.69, 9.17) is 0 Å². The average molecular weight is 276 g/mol. The summed E-state index contributed by atoms with van der Waals surface area (Å²) in [6.45, 7) is 5.42. The quantitative estimate of drug-likeness (QED) is 0.932. The van der Waals surface area contributed by atoms with Gasteiger partial charge in [0, 0.05) is 19.5 Å². The number of aryl methyl sites for hydroxylation is 1. The van der Waals surface area contributed by atoms with Crippen LogP contribution in [0.3, 0.4) is 0 Å². The van der Waals surface area contributed by atoms with Crippen molar-refractivity contribution < 1.29 is 4.79 Å². The zero-order chi connectivity index (χ0) is 13.4. The molecule has 1 fully saturated rings. The first kappa shape index (κ1) is 12.3. The number of hydrogen-bond donors (Lipinski definition) is 1. The molecule has 3 heterocycles. The van der Waals surface area contributed by atoms with Gasteiger partial charge in [-0.05, 0) is 25.3 Å². The van der Waals surface area contributed by atoms with Crippen LogP contribution in [-0.2, 0) is 4.79 Å². The zero-order valence-electron chi connectivity index (χ0n) is 11.0. The van der Waals surface area contributed by atoms with Crippen LogP contribution in [0.4, 0.5) is 5.82 Å². The second-order valence-electron chi connectivity index (χ2n) is 4.73. The predicted octanol–water partition coefficient (Wildman–Crippen LogP) is 2.03. The number of likely N-dealkylation sites (tertiary alicyclic amines) is 1. The SMILES string of the molecule is CCN1C[C@H](Nc2nc(C)nc3ccsc23)CC1=O. The average Bonchev–Trinajstić information content (AvgIpc) is 2.95. The third kappa shape index (κ3) is 2.28. The number of amides is 1. The molecule has 0 spiro atoms. The summed E-state index contributed by atoms with van der Waals surface area (Å²) in [6, 6.07) is 2.14. The van der Waals surface area contributed by atoms with E-state index in [1.165, 1.54) is 0 Å². The van der Waals surface area contributed by atoms with E-state index in [1.54, 1.807) is 11.3 Å². The molecule has 0 aromatic carbocycles. The minimum absolute atomic E-state index is 0.145. The first-order valence-corrected chi connectivity index (χ1v) is 7.31. The van der Waals surface area contributed by atoms with E-state index in [1.807, 2.05) is 30.2 Å². The molecule has 2 aromatic rings. The Morgan fingerprint density at radius 2 is 2.37 bits per heavy atom. The Balaban J connectivity index is 1.86. The second kappa shape index (κ2) is 4.77. The number of nitrogens with one attached hydrogen (secondary N) is 1. The molecule has 1 N–H and O–H groups in total. The van der Waals surface area contributed by atoms with E-state index in [0.29, 0.717) is 6.42 Å². The number of nitrogens with zero attached hydrogens (tertiary/aromatic N) is 3. The maximum atomic E-state index is 11.7. The van der Waals surface area contributed by atoms with Crippen LogP contribution in [0, 0.1) is 6.92 Å². The molecule has 2 aromatic heterocycles. The highest BCUT2D eigenvalue weighted by atomic mass is 32.1. The lowest BCUT2D eigenvalue weighted by Gasteiger charge is -2.15. The molecule has 100 valence electrons. The van der Waals surface area contributed by atoms with Crippen molar-refractivity contribution in [2.45, 2.75) is 26.3 Å². The molecule has 0 bridgehead atoms. The van der Waals surface area contributed by atoms with Crippen molar-refractivity contribution in [3.8, 4) is 0 Å². The Kier molecular flexibility index (Phi) is 3.10. The molecule has 5 nitrogen and oxygen atoms in total. The van der Waals surface area contributed by atoms with Gasteiger partial charge in [0.05, 0.1) is 16.3 Å². The van der Waals surface area contributed by atoms with Crippen LogP contribution in [0.25, 0.3) is 10.2 Å². The number of aromatic nitrogens is 2. The Hall–Kier alpha value is -1.69. The summed E-state index contributed by atoms with van der Waals surface area (Å²) in [6.07, 6.45) is 0.545. The minimum Gasteiger partial charge on any atom is -0.364 e. The Bertz CT molecular complexity index is 624. The minimum atomic E-state index is 0.145. The number of carbonyl (C=O) groups is 1. The van der Waals surface area contributed by atoms with Crippen LogP contribution in [0.2, 0.25) is 0 Å². The van der Waals surface area contributed by atoms with E-state index in [0.717, 1.165) is 34.9 Å². The summed E-state index contributed by atoms with van der Waals surface area (Å²) in [5, 5.41) is 5.42. The summed E-state index contributed by atoms with van der Waals surface area (Å²) in [7, 11) is 0. The van der Waals surface area contributed by atoms with Crippen LogP contribution >= 0.6 is 11.3 Å². The fourth-order valence-corrected chi connectivity index (χ4v) is 3.23. The van der Waals surface area contributed by atoms with Gasteiger partial charge >= 0.3 is 0 Å². The van der Waals surface area contributed by atoms with Crippen LogP contribution in [0.5, 0.6) is 0 Å². The zero-order valence-corrected chi connectivity index (χ0v) is 11.8. The number of hydrogen-bond acceptors (Lipinski definition) is 5. The molecule has 1 saturated heterocycles. The lowest BCUT2D eigenvalue weighted by atomic mass is 10.2. The van der Waals surface area contributed by atoms with Crippen LogP contribution in [0.1, 0.15) is 19.2 Å². The molecule has 0 radical (unpaired) electrons. The fraction of sp³-hybridized carbons (Fsp3) is 0.462. The van der Waals surface area contributed by atoms with Crippen LogP contribution in [-0.4, -0.2) is 39.9 Å². The second-order valence-corrected chi connectivity index (χ2v) is 5.65. The molecule has 1 aliphatic heterocycles. The summed E-state index contributed by atoms with van der Waals surface area (Å²) < 4.78 is 1.06. The summed E-state index contributed by atoms with van der Waals surface area (Å²) in [5.41, 5.74) is 0.969. The standard InChI is InChI=1S/C13H16N4OS/c1-3-17-7-9(6-11(17)18)16-13-12-10(4-5-19-12)14-8(2)15-13/h4-5,9H,3,6-7H2,1-2H3,(H,14,15,16)/t9-/m1/s1. The van der Waals surface area contributed by atoms with Crippen molar-refractivity contribution in [2.75, 3.05) is 18.4 Å². The molecule has 1 aliphatic rings. The lowest BCUT2D eigenvalue weighted by molar-refractivity contribution is -0.127. The van der Waals surface area contributed by atoms with Gasteiger partial charge in [-0.15, -0.1) is 11.3 Å². The van der Waals surface area contributed by atoms with Crippen LogP contribution < -0.4 is 5.32 Å². The van der Waals surface area contributed by atoms with Gasteiger partial charge in [-0.25, -0.2) is 9.97 Å². The van der Waals surface area contributed by atoms with Crippen molar-refractivity contribution in [1.29, 1.82) is 0 Å². The Morgan fingerprint density at radius 3 is 3.11 bits per heavy atom. The largest absolute Gasteiger partial charge is 0.364 e. The van der Waals surface area contributed by atoms with E-state index < -0.39 is 0 Å². The molecular formula is C13H16N4OS. The van der Waals surface area contributed by atoms with Gasteiger partial charge in [-0.3, -0.25) is 4.79 Å². The molecular weight excluding hydrogens is 260 g/mol. The normalized spacial score (nSPS) is 19.4. The molecule has 0 unspecified atom stereocenters. The van der Waals surface area contributed by atoms with E-state index in [9.17, 15) is 4.79 Å². The van der Waals surface area contributed by atoms with Gasteiger partial charge in [-0.1, -0.05) is 0 Å². The van der Waals surface area contributed by atoms with E-state index in [2.05, 4.69) is 15.3 Å². The van der Waals surface area contributed by atoms with Crippen molar-refractivity contribution in [3.63, 3.8) is 0 Å². The van der Waals surface area contributed by atoms with Crippen molar-refractivity contribution in [1.82, 2.24) is 14.9 Å². The molecule has 1 amide bonds. The highest BCUT2D eigenvalue weighted by Gasteiger charge is 2.28. The monoisotopic (exact) mass is 276 g/mol. The highest BCUT2D eigenvalue weighted by Crippen LogP contribution is 2.27. The topological polar surface area (TPSA) is 58.1 Å². The highest BCUT2D eigenvalue weighted by molar-refractivity contribution is 7.17. The number of carbonyl (C=O) groups excluding carboxylic acids is 1. The molecule has 6 heteroatoms. The first-order chi connectivity index (χ1) is 9.17. The Morgan fingerprint density at radius 1 is 1.53 bits per heavy atom. The number of fused-ring (bicyclic) bond motifs is 1. The molecule has 19 heavy (non-hydrogen) atoms. The summed E-state index contributed by atoms with van der Waals surface area (Å²) in [4.78, 5) is 22.5. The molecule has 1 atom stereocenters. The van der Waals surface area contributed by atoms with Crippen molar-refractivity contribution in [2.24, 2.45) is 0 Å². The number of anilines is 1. The van der Waals surface area contributed by atoms with E-state index in [-0.39, 0.29) is 11.9 Å². The lowest BCUT2D eigenvalue weighted by Crippen LogP contribution is -2.27. The van der Waals surface area contributed by atoms with Gasteiger partial charge in [-0.2, -0.15) is 0 Å². The maximum absolute atomic E-state index is 11.7. The van der Waals surface area contributed by atoms with Crippen molar-refractivity contribution >= 4 is 33.3 Å². The van der Waals surface area contributed by atoms with Gasteiger partial charge in [0.25, 0.3) is 0 Å². The number of thiophene rings is 1. The van der Waals surface area contributed by atoms with Crippen LogP contribution in [0.15, 0.2) is 11.4 Å². The fourth-order valence-electron chi connectivity index (χ4n) is 2.45. The van der Waals surface area contributed by atoms with Gasteiger partial charge in [0.15, 0.2) is 0 Å². The van der Waals surface area contributed by atoms with E-state index >= 15 is 0 Å². The molecule has 3 rings (SSSR count).